The summed E-state index contributed by atoms with van der Waals surface area (Å²) in [5, 5.41) is 9.63. The number of aliphatic hydroxyl groups is 1. The summed E-state index contributed by atoms with van der Waals surface area (Å²) in [5.41, 5.74) is -0.972. The summed E-state index contributed by atoms with van der Waals surface area (Å²) >= 11 is 0. The Balaban J connectivity index is 2.33. The van der Waals surface area contributed by atoms with Crippen LogP contribution in [0.25, 0.3) is 0 Å². The largest absolute Gasteiger partial charge is 0.452 e. The Kier molecular flexibility index (Phi) is 1.10. The fourth-order valence-electron chi connectivity index (χ4n) is 1.28. The zero-order valence-corrected chi connectivity index (χ0v) is 6.50. The monoisotopic (exact) mass is 154 g/mol. The summed E-state index contributed by atoms with van der Waals surface area (Å²) in [6, 6.07) is 0. The lowest BCUT2D eigenvalue weighted by Gasteiger charge is -2.17. The molecule has 0 fully saturated rings. The number of rotatable bonds is 0. The van der Waals surface area contributed by atoms with Gasteiger partial charge in [-0.25, -0.2) is 0 Å². The van der Waals surface area contributed by atoms with Gasteiger partial charge >= 0.3 is 0 Å². The van der Waals surface area contributed by atoms with E-state index in [4.69, 9.17) is 9.47 Å². The van der Waals surface area contributed by atoms with Crippen LogP contribution in [0.3, 0.4) is 0 Å². The molecular weight excluding hydrogens is 144 g/mol. The number of hydrogen-bond acceptors (Lipinski definition) is 3. The van der Waals surface area contributed by atoms with E-state index in [2.05, 4.69) is 0 Å². The highest BCUT2D eigenvalue weighted by molar-refractivity contribution is 5.37. The molecule has 0 amide bonds. The zero-order valence-electron chi connectivity index (χ0n) is 6.50. The van der Waals surface area contributed by atoms with E-state index in [0.717, 1.165) is 0 Å². The average Bonchev–Trinajstić information content (AvgIpc) is 2.35. The van der Waals surface area contributed by atoms with Crippen molar-refractivity contribution in [1.29, 1.82) is 0 Å². The molecule has 1 aliphatic carbocycles. The highest BCUT2D eigenvalue weighted by Crippen LogP contribution is 2.36. The van der Waals surface area contributed by atoms with Gasteiger partial charge in [0.05, 0.1) is 0 Å². The predicted molar refractivity (Wildman–Crippen MR) is 38.4 cm³/mol. The Hall–Kier alpha value is -0.960. The molecule has 2 aliphatic rings. The van der Waals surface area contributed by atoms with Crippen LogP contribution < -0.4 is 0 Å². The molecule has 0 bridgehead atoms. The molecular formula is C8H10O3. The standard InChI is InChI=1S/C8H10O3/c1-5-10-6-3-4-8(2,9)7(6)11-5/h3-5,9H,1-2H3. The highest BCUT2D eigenvalue weighted by atomic mass is 16.7. The number of ether oxygens (including phenoxy) is 2. The molecule has 1 heterocycles. The van der Waals surface area contributed by atoms with Crippen LogP contribution in [0.1, 0.15) is 13.8 Å². The van der Waals surface area contributed by atoms with E-state index in [-0.39, 0.29) is 6.29 Å². The van der Waals surface area contributed by atoms with Gasteiger partial charge in [-0.2, -0.15) is 0 Å². The second kappa shape index (κ2) is 1.80. The lowest BCUT2D eigenvalue weighted by atomic mass is 10.1. The number of allylic oxidation sites excluding steroid dienone is 1. The predicted octanol–water partition coefficient (Wildman–Crippen LogP) is 0.912. The van der Waals surface area contributed by atoms with Crippen LogP contribution in [0.5, 0.6) is 0 Å². The fraction of sp³-hybridized carbons (Fsp3) is 0.500. The van der Waals surface area contributed by atoms with Gasteiger partial charge in [-0.3, -0.25) is 0 Å². The van der Waals surface area contributed by atoms with Gasteiger partial charge in [0, 0.05) is 6.92 Å². The van der Waals surface area contributed by atoms with Crippen LogP contribution >= 0.6 is 0 Å². The van der Waals surface area contributed by atoms with Crippen molar-refractivity contribution in [2.24, 2.45) is 0 Å². The third-order valence-electron chi connectivity index (χ3n) is 1.82. The van der Waals surface area contributed by atoms with Gasteiger partial charge in [0.1, 0.15) is 5.60 Å². The van der Waals surface area contributed by atoms with Gasteiger partial charge in [-0.1, -0.05) is 0 Å². The van der Waals surface area contributed by atoms with Crippen LogP contribution in [0.15, 0.2) is 23.7 Å². The molecule has 2 rings (SSSR count). The molecule has 2 unspecified atom stereocenters. The van der Waals surface area contributed by atoms with E-state index in [1.807, 2.05) is 0 Å². The Morgan fingerprint density at radius 1 is 1.55 bits per heavy atom. The van der Waals surface area contributed by atoms with Crippen LogP contribution in [-0.2, 0) is 9.47 Å². The molecule has 0 spiro atoms. The maximum atomic E-state index is 9.63. The van der Waals surface area contributed by atoms with Crippen molar-refractivity contribution in [2.45, 2.75) is 25.7 Å². The Morgan fingerprint density at radius 2 is 2.27 bits per heavy atom. The summed E-state index contributed by atoms with van der Waals surface area (Å²) in [6.45, 7) is 3.47. The molecule has 0 aromatic heterocycles. The molecule has 3 heteroatoms. The van der Waals surface area contributed by atoms with Crippen LogP contribution in [-0.4, -0.2) is 17.0 Å². The van der Waals surface area contributed by atoms with Crippen molar-refractivity contribution in [1.82, 2.24) is 0 Å². The topological polar surface area (TPSA) is 38.7 Å². The van der Waals surface area contributed by atoms with E-state index >= 15 is 0 Å². The first-order chi connectivity index (χ1) is 5.09. The van der Waals surface area contributed by atoms with Gasteiger partial charge < -0.3 is 14.6 Å². The molecule has 2 atom stereocenters. The van der Waals surface area contributed by atoms with Gasteiger partial charge in [0.25, 0.3) is 0 Å². The molecule has 0 saturated carbocycles. The quantitative estimate of drug-likeness (QED) is 0.563. The normalized spacial score (nSPS) is 40.5. The number of hydrogen-bond donors (Lipinski definition) is 1. The summed E-state index contributed by atoms with van der Waals surface area (Å²) in [7, 11) is 0. The lowest BCUT2D eigenvalue weighted by Crippen LogP contribution is -2.23. The molecule has 11 heavy (non-hydrogen) atoms. The van der Waals surface area contributed by atoms with Crippen molar-refractivity contribution in [3.05, 3.63) is 23.7 Å². The maximum absolute atomic E-state index is 9.63. The molecule has 3 nitrogen and oxygen atoms in total. The summed E-state index contributed by atoms with van der Waals surface area (Å²) in [4.78, 5) is 0. The second-order valence-corrected chi connectivity index (χ2v) is 2.98. The molecule has 0 saturated heterocycles. The van der Waals surface area contributed by atoms with Gasteiger partial charge in [0.15, 0.2) is 11.5 Å². The molecule has 1 aliphatic heterocycles. The lowest BCUT2D eigenvalue weighted by molar-refractivity contribution is -0.0453. The molecule has 60 valence electrons. The van der Waals surface area contributed by atoms with Crippen molar-refractivity contribution in [3.63, 3.8) is 0 Å². The summed E-state index contributed by atoms with van der Waals surface area (Å²) < 4.78 is 10.5. The smallest absolute Gasteiger partial charge is 0.238 e. The van der Waals surface area contributed by atoms with E-state index < -0.39 is 5.60 Å². The van der Waals surface area contributed by atoms with Gasteiger partial charge in [-0.15, -0.1) is 0 Å². The Bertz CT molecular complexity index is 250. The third-order valence-corrected chi connectivity index (χ3v) is 1.82. The highest BCUT2D eigenvalue weighted by Gasteiger charge is 2.39. The molecule has 1 N–H and O–H groups in total. The average molecular weight is 154 g/mol. The van der Waals surface area contributed by atoms with Gasteiger partial charge in [-0.05, 0) is 19.1 Å². The summed E-state index contributed by atoms with van der Waals surface area (Å²) in [5.74, 6) is 1.19. The minimum Gasteiger partial charge on any atom is -0.452 e. The van der Waals surface area contributed by atoms with Crippen molar-refractivity contribution < 1.29 is 14.6 Å². The van der Waals surface area contributed by atoms with E-state index in [0.29, 0.717) is 11.5 Å². The molecule has 0 radical (unpaired) electrons. The van der Waals surface area contributed by atoms with E-state index in [1.165, 1.54) is 0 Å². The first-order valence-corrected chi connectivity index (χ1v) is 3.59. The minimum absolute atomic E-state index is 0.267. The SMILES string of the molecule is CC1OC2=C(O1)C(C)(O)C=C2. The maximum Gasteiger partial charge on any atom is 0.238 e. The van der Waals surface area contributed by atoms with Crippen molar-refractivity contribution >= 4 is 0 Å². The van der Waals surface area contributed by atoms with Gasteiger partial charge in [0.2, 0.25) is 6.29 Å². The molecule has 0 aromatic rings. The second-order valence-electron chi connectivity index (χ2n) is 2.98. The van der Waals surface area contributed by atoms with Crippen molar-refractivity contribution in [2.75, 3.05) is 0 Å². The van der Waals surface area contributed by atoms with Crippen LogP contribution in [0.4, 0.5) is 0 Å². The Morgan fingerprint density at radius 3 is 2.91 bits per heavy atom. The zero-order chi connectivity index (χ0) is 8.06. The van der Waals surface area contributed by atoms with Crippen molar-refractivity contribution in [3.8, 4) is 0 Å². The van der Waals surface area contributed by atoms with E-state index in [9.17, 15) is 5.11 Å². The first kappa shape index (κ1) is 6.73. The fourth-order valence-corrected chi connectivity index (χ4v) is 1.28. The van der Waals surface area contributed by atoms with Crippen LogP contribution in [0, 0.1) is 0 Å². The summed E-state index contributed by atoms with van der Waals surface area (Å²) in [6.07, 6.45) is 3.12. The third kappa shape index (κ3) is 0.844. The van der Waals surface area contributed by atoms with Crippen LogP contribution in [0.2, 0.25) is 0 Å². The molecule has 0 aromatic carbocycles. The first-order valence-electron chi connectivity index (χ1n) is 3.59. The van der Waals surface area contributed by atoms with E-state index in [1.54, 1.807) is 26.0 Å². The minimum atomic E-state index is -0.972. The Labute approximate surface area is 64.9 Å².